The highest BCUT2D eigenvalue weighted by Gasteiger charge is 2.26. The molecule has 3 N–H and O–H groups in total. The third-order valence-corrected chi connectivity index (χ3v) is 3.92. The average Bonchev–Trinajstić information content (AvgIpc) is 2.99. The number of rotatable bonds is 2. The van der Waals surface area contributed by atoms with Gasteiger partial charge < -0.3 is 15.7 Å². The van der Waals surface area contributed by atoms with E-state index in [1.54, 1.807) is 18.3 Å². The van der Waals surface area contributed by atoms with E-state index in [0.29, 0.717) is 11.4 Å². The van der Waals surface area contributed by atoms with Crippen molar-refractivity contribution in [3.8, 4) is 11.8 Å². The van der Waals surface area contributed by atoms with E-state index in [2.05, 4.69) is 27.5 Å². The molecule has 5 nitrogen and oxygen atoms in total. The molecule has 0 unspecified atom stereocenters. The molecule has 0 spiro atoms. The fourth-order valence-corrected chi connectivity index (χ4v) is 2.69. The molecule has 2 amide bonds. The third kappa shape index (κ3) is 4.34. The summed E-state index contributed by atoms with van der Waals surface area (Å²) in [7, 11) is 0. The summed E-state index contributed by atoms with van der Waals surface area (Å²) in [5.74, 6) is 6.01. The molecule has 0 aliphatic heterocycles. The van der Waals surface area contributed by atoms with Crippen molar-refractivity contribution in [3.63, 3.8) is 0 Å². The number of hydrogen-bond donors (Lipinski definition) is 3. The summed E-state index contributed by atoms with van der Waals surface area (Å²) in [6, 6.07) is 12.4. The molecule has 0 radical (unpaired) electrons. The molecule has 1 fully saturated rings. The van der Waals surface area contributed by atoms with Gasteiger partial charge in [-0.1, -0.05) is 18.1 Å². The minimum absolute atomic E-state index is 0.169. The fourth-order valence-electron chi connectivity index (χ4n) is 2.69. The van der Waals surface area contributed by atoms with Crippen LogP contribution < -0.4 is 10.6 Å². The molecule has 24 heavy (non-hydrogen) atoms. The number of aliphatic hydroxyl groups excluding tert-OH is 1. The van der Waals surface area contributed by atoms with Gasteiger partial charge in [0.25, 0.3) is 0 Å². The van der Waals surface area contributed by atoms with Crippen molar-refractivity contribution >= 4 is 11.7 Å². The van der Waals surface area contributed by atoms with Gasteiger partial charge in [0.2, 0.25) is 0 Å². The number of pyridine rings is 1. The normalized spacial score (nSPS) is 19.2. The van der Waals surface area contributed by atoms with Crippen molar-refractivity contribution in [2.45, 2.75) is 31.4 Å². The minimum atomic E-state index is -0.452. The van der Waals surface area contributed by atoms with E-state index in [0.717, 1.165) is 24.8 Å². The van der Waals surface area contributed by atoms with Crippen LogP contribution in [0.5, 0.6) is 0 Å². The molecular formula is C19H19N3O2. The highest BCUT2D eigenvalue weighted by Crippen LogP contribution is 2.19. The van der Waals surface area contributed by atoms with Crippen molar-refractivity contribution in [1.82, 2.24) is 10.3 Å². The number of hydrogen-bond acceptors (Lipinski definition) is 3. The number of nitrogens with zero attached hydrogens (tertiary/aromatic N) is 1. The number of aliphatic hydroxyl groups is 1. The number of nitrogens with one attached hydrogen (secondary N) is 2. The van der Waals surface area contributed by atoms with Gasteiger partial charge in [-0.05, 0) is 55.5 Å². The minimum Gasteiger partial charge on any atom is -0.391 e. The van der Waals surface area contributed by atoms with Crippen molar-refractivity contribution < 1.29 is 9.90 Å². The predicted molar refractivity (Wildman–Crippen MR) is 92.5 cm³/mol. The van der Waals surface area contributed by atoms with Gasteiger partial charge in [0, 0.05) is 17.4 Å². The Balaban J connectivity index is 1.63. The lowest BCUT2D eigenvalue weighted by atomic mass is 10.2. The van der Waals surface area contributed by atoms with E-state index >= 15 is 0 Å². The highest BCUT2D eigenvalue weighted by atomic mass is 16.3. The van der Waals surface area contributed by atoms with E-state index < -0.39 is 6.10 Å². The summed E-state index contributed by atoms with van der Waals surface area (Å²) in [6.07, 6.45) is 3.73. The molecule has 1 aromatic heterocycles. The summed E-state index contributed by atoms with van der Waals surface area (Å²) >= 11 is 0. The lowest BCUT2D eigenvalue weighted by molar-refractivity contribution is 0.151. The zero-order valence-corrected chi connectivity index (χ0v) is 13.2. The molecule has 1 saturated carbocycles. The van der Waals surface area contributed by atoms with Gasteiger partial charge in [-0.3, -0.25) is 0 Å². The van der Waals surface area contributed by atoms with Gasteiger partial charge in [-0.2, -0.15) is 0 Å². The molecule has 122 valence electrons. The number of urea groups is 1. The van der Waals surface area contributed by atoms with Crippen LogP contribution in [0.15, 0.2) is 48.7 Å². The first-order chi connectivity index (χ1) is 11.7. The number of anilines is 1. The summed E-state index contributed by atoms with van der Waals surface area (Å²) in [4.78, 5) is 16.2. The topological polar surface area (TPSA) is 74.2 Å². The number of carbonyl (C=O) groups is 1. The van der Waals surface area contributed by atoms with Crippen LogP contribution in [-0.2, 0) is 0 Å². The van der Waals surface area contributed by atoms with Crippen LogP contribution >= 0.6 is 0 Å². The second kappa shape index (κ2) is 7.62. The van der Waals surface area contributed by atoms with Gasteiger partial charge in [-0.15, -0.1) is 0 Å². The lowest BCUT2D eigenvalue weighted by Crippen LogP contribution is -2.42. The number of aromatic nitrogens is 1. The highest BCUT2D eigenvalue weighted by molar-refractivity contribution is 5.89. The van der Waals surface area contributed by atoms with Crippen molar-refractivity contribution in [2.24, 2.45) is 0 Å². The standard InChI is InChI=1S/C19H19N3O2/c23-18-9-4-8-17(18)22-19(24)21-16-7-3-5-14(13-16)10-11-15-6-1-2-12-20-15/h1-3,5-7,12-13,17-18,23H,4,8-9H2,(H2,21,22,24)/t17-,18+/m1/s1. The van der Waals surface area contributed by atoms with Gasteiger partial charge in [0.05, 0.1) is 12.1 Å². The Kier molecular flexibility index (Phi) is 5.09. The van der Waals surface area contributed by atoms with Crippen LogP contribution in [0.4, 0.5) is 10.5 Å². The first-order valence-electron chi connectivity index (χ1n) is 7.99. The maximum absolute atomic E-state index is 12.0. The van der Waals surface area contributed by atoms with E-state index in [4.69, 9.17) is 0 Å². The van der Waals surface area contributed by atoms with Crippen LogP contribution in [0, 0.1) is 11.8 Å². The second-order valence-corrected chi connectivity index (χ2v) is 5.75. The Morgan fingerprint density at radius 3 is 2.83 bits per heavy atom. The summed E-state index contributed by atoms with van der Waals surface area (Å²) in [5, 5.41) is 15.4. The smallest absolute Gasteiger partial charge is 0.319 e. The van der Waals surface area contributed by atoms with Crippen LogP contribution in [0.1, 0.15) is 30.5 Å². The molecule has 2 aromatic rings. The molecule has 2 atom stereocenters. The number of benzene rings is 1. The monoisotopic (exact) mass is 321 g/mol. The molecule has 1 aliphatic carbocycles. The lowest BCUT2D eigenvalue weighted by Gasteiger charge is -2.16. The number of carbonyl (C=O) groups excluding carboxylic acids is 1. The van der Waals surface area contributed by atoms with Gasteiger partial charge in [0.1, 0.15) is 5.69 Å². The quantitative estimate of drug-likeness (QED) is 0.744. The Morgan fingerprint density at radius 2 is 2.08 bits per heavy atom. The maximum Gasteiger partial charge on any atom is 0.319 e. The van der Waals surface area contributed by atoms with Crippen molar-refractivity contribution in [2.75, 3.05) is 5.32 Å². The van der Waals surface area contributed by atoms with Gasteiger partial charge >= 0.3 is 6.03 Å². The zero-order chi connectivity index (χ0) is 16.8. The molecule has 5 heteroatoms. The number of amides is 2. The SMILES string of the molecule is O=C(Nc1cccc(C#Cc2ccccn2)c1)N[C@@H]1CCC[C@@H]1O. The fraction of sp³-hybridized carbons (Fsp3) is 0.263. The summed E-state index contributed by atoms with van der Waals surface area (Å²) in [6.45, 7) is 0. The predicted octanol–water partition coefficient (Wildman–Crippen LogP) is 2.52. The van der Waals surface area contributed by atoms with E-state index in [1.165, 1.54) is 0 Å². The van der Waals surface area contributed by atoms with Gasteiger partial charge in [-0.25, -0.2) is 9.78 Å². The third-order valence-electron chi connectivity index (χ3n) is 3.92. The van der Waals surface area contributed by atoms with Crippen LogP contribution in [0.2, 0.25) is 0 Å². The van der Waals surface area contributed by atoms with E-state index in [9.17, 15) is 9.90 Å². The second-order valence-electron chi connectivity index (χ2n) is 5.75. The zero-order valence-electron chi connectivity index (χ0n) is 13.2. The van der Waals surface area contributed by atoms with Crippen LogP contribution in [-0.4, -0.2) is 28.3 Å². The Hall–Kier alpha value is -2.84. The van der Waals surface area contributed by atoms with Gasteiger partial charge in [0.15, 0.2) is 0 Å². The Labute approximate surface area is 141 Å². The van der Waals surface area contributed by atoms with Crippen molar-refractivity contribution in [1.29, 1.82) is 0 Å². The van der Waals surface area contributed by atoms with Crippen LogP contribution in [0.25, 0.3) is 0 Å². The molecular weight excluding hydrogens is 302 g/mol. The maximum atomic E-state index is 12.0. The molecule has 0 saturated heterocycles. The van der Waals surface area contributed by atoms with E-state index in [1.807, 2.05) is 30.3 Å². The largest absolute Gasteiger partial charge is 0.391 e. The Bertz CT molecular complexity index is 765. The molecule has 0 bridgehead atoms. The van der Waals surface area contributed by atoms with Crippen molar-refractivity contribution in [3.05, 3.63) is 59.9 Å². The molecule has 1 aliphatic rings. The first-order valence-corrected chi connectivity index (χ1v) is 7.99. The Morgan fingerprint density at radius 1 is 1.17 bits per heavy atom. The average molecular weight is 321 g/mol. The van der Waals surface area contributed by atoms with E-state index in [-0.39, 0.29) is 12.1 Å². The molecule has 1 aromatic carbocycles. The van der Waals surface area contributed by atoms with Crippen LogP contribution in [0.3, 0.4) is 0 Å². The molecule has 1 heterocycles. The molecule has 3 rings (SSSR count). The first kappa shape index (κ1) is 16.0. The summed E-state index contributed by atoms with van der Waals surface area (Å²) in [5.41, 5.74) is 2.15. The summed E-state index contributed by atoms with van der Waals surface area (Å²) < 4.78 is 0.